The third-order valence-corrected chi connectivity index (χ3v) is 7.57. The van der Waals surface area contributed by atoms with E-state index in [4.69, 9.17) is 4.42 Å². The minimum absolute atomic E-state index is 0.163. The molecule has 0 radical (unpaired) electrons. The maximum atomic E-state index is 14.0. The van der Waals surface area contributed by atoms with Gasteiger partial charge in [-0.3, -0.25) is 9.59 Å². The van der Waals surface area contributed by atoms with E-state index in [1.165, 1.54) is 0 Å². The number of carbonyl (C=O) groups excluding carboxylic acids is 2. The summed E-state index contributed by atoms with van der Waals surface area (Å²) in [6, 6.07) is 33.4. The van der Waals surface area contributed by atoms with E-state index in [1.54, 1.807) is 6.07 Å². The number of amides is 2. The Morgan fingerprint density at radius 2 is 1.44 bits per heavy atom. The van der Waals surface area contributed by atoms with Gasteiger partial charge < -0.3 is 9.32 Å². The summed E-state index contributed by atoms with van der Waals surface area (Å²) < 4.78 is 6.25. The largest absolute Gasteiger partial charge is 0.455 e. The maximum Gasteiger partial charge on any atom is 0.290 e. The average Bonchev–Trinajstić information content (AvgIpc) is 3.36. The average molecular weight is 542 g/mol. The highest BCUT2D eigenvalue weighted by Gasteiger charge is 2.30. The fourth-order valence-corrected chi connectivity index (χ4v) is 5.54. The van der Waals surface area contributed by atoms with Gasteiger partial charge in [0.05, 0.1) is 5.71 Å². The van der Waals surface area contributed by atoms with Crippen LogP contribution in [0.1, 0.15) is 61.8 Å². The lowest BCUT2D eigenvalue weighted by molar-refractivity contribution is 0.0694. The smallest absolute Gasteiger partial charge is 0.290 e. The molecule has 1 aliphatic rings. The lowest BCUT2D eigenvalue weighted by Crippen LogP contribution is -2.30. The summed E-state index contributed by atoms with van der Waals surface area (Å²) in [5.41, 5.74) is 7.75. The van der Waals surface area contributed by atoms with Crippen molar-refractivity contribution in [3.8, 4) is 0 Å². The minimum atomic E-state index is -0.268. The number of fused-ring (bicyclic) bond motifs is 2. The zero-order valence-corrected chi connectivity index (χ0v) is 23.0. The minimum Gasteiger partial charge on any atom is -0.455 e. The molecule has 4 aromatic carbocycles. The molecule has 2 amide bonds. The van der Waals surface area contributed by atoms with Crippen LogP contribution in [0.3, 0.4) is 0 Å². The number of hydrazone groups is 1. The van der Waals surface area contributed by atoms with Crippen molar-refractivity contribution >= 4 is 28.3 Å². The third kappa shape index (κ3) is 5.54. The molecule has 0 saturated heterocycles. The summed E-state index contributed by atoms with van der Waals surface area (Å²) in [6.45, 7) is 2.83. The lowest BCUT2D eigenvalue weighted by Gasteiger charge is -2.22. The predicted molar refractivity (Wildman–Crippen MR) is 161 cm³/mol. The van der Waals surface area contributed by atoms with Gasteiger partial charge in [-0.05, 0) is 47.7 Å². The monoisotopic (exact) mass is 541 g/mol. The Morgan fingerprint density at radius 3 is 2.15 bits per heavy atom. The van der Waals surface area contributed by atoms with Crippen molar-refractivity contribution in [2.24, 2.45) is 5.10 Å². The summed E-state index contributed by atoms with van der Waals surface area (Å²) >= 11 is 0. The molecule has 0 fully saturated rings. The van der Waals surface area contributed by atoms with E-state index >= 15 is 0 Å². The quantitative estimate of drug-likeness (QED) is 0.224. The number of hydrogen-bond acceptors (Lipinski definition) is 4. The highest BCUT2D eigenvalue weighted by atomic mass is 16.4. The number of aryl methyl sites for hydroxylation is 1. The van der Waals surface area contributed by atoms with Crippen molar-refractivity contribution in [1.29, 1.82) is 0 Å². The molecule has 6 heteroatoms. The summed E-state index contributed by atoms with van der Waals surface area (Å²) in [5, 5.41) is 6.43. The van der Waals surface area contributed by atoms with Crippen molar-refractivity contribution in [2.75, 3.05) is 0 Å². The number of carbonyl (C=O) groups is 2. The molecule has 0 saturated carbocycles. The molecule has 0 bridgehead atoms. The van der Waals surface area contributed by atoms with E-state index in [9.17, 15) is 9.59 Å². The van der Waals surface area contributed by atoms with Gasteiger partial charge in [0, 0.05) is 36.2 Å². The van der Waals surface area contributed by atoms with Gasteiger partial charge in [-0.2, -0.15) is 5.10 Å². The molecule has 5 aromatic rings. The molecule has 0 unspecified atom stereocenters. The molecule has 1 aliphatic carbocycles. The molecule has 1 N–H and O–H groups in total. The third-order valence-electron chi connectivity index (χ3n) is 7.57. The first-order valence-corrected chi connectivity index (χ1v) is 13.9. The summed E-state index contributed by atoms with van der Waals surface area (Å²) in [5.74, 6) is 0.644. The van der Waals surface area contributed by atoms with Crippen LogP contribution < -0.4 is 5.43 Å². The second-order valence-corrected chi connectivity index (χ2v) is 10.4. The Balaban J connectivity index is 1.29. The Labute approximate surface area is 239 Å². The van der Waals surface area contributed by atoms with Crippen LogP contribution in [-0.2, 0) is 19.5 Å². The zero-order chi connectivity index (χ0) is 28.2. The SMILES string of the molecule is Cc1c(C(=O)N(Cc2ccccc2)Cc2ccccc2)oc2c1/C(=N/NC(=O)c1cccc3ccccc13)CCC2. The molecule has 41 heavy (non-hydrogen) atoms. The maximum absolute atomic E-state index is 14.0. The van der Waals surface area contributed by atoms with Crippen LogP contribution in [0.15, 0.2) is 113 Å². The van der Waals surface area contributed by atoms with Crippen molar-refractivity contribution in [3.05, 3.63) is 142 Å². The molecule has 204 valence electrons. The highest BCUT2D eigenvalue weighted by molar-refractivity contribution is 6.09. The molecule has 6 rings (SSSR count). The van der Waals surface area contributed by atoms with E-state index in [-0.39, 0.29) is 11.8 Å². The first-order chi connectivity index (χ1) is 20.1. The second-order valence-electron chi connectivity index (χ2n) is 10.4. The Hall–Kier alpha value is -4.97. The van der Waals surface area contributed by atoms with Gasteiger partial charge in [0.1, 0.15) is 5.76 Å². The molecule has 0 atom stereocenters. The summed E-state index contributed by atoms with van der Waals surface area (Å²) in [4.78, 5) is 29.0. The first-order valence-electron chi connectivity index (χ1n) is 13.9. The van der Waals surface area contributed by atoms with Gasteiger partial charge in [-0.25, -0.2) is 5.43 Å². The fourth-order valence-electron chi connectivity index (χ4n) is 5.54. The van der Waals surface area contributed by atoms with Gasteiger partial charge in [0.15, 0.2) is 5.76 Å². The number of hydrogen-bond donors (Lipinski definition) is 1. The van der Waals surface area contributed by atoms with E-state index in [0.29, 0.717) is 30.8 Å². The molecular formula is C35H31N3O3. The topological polar surface area (TPSA) is 74.9 Å². The number of rotatable bonds is 7. The zero-order valence-electron chi connectivity index (χ0n) is 23.0. The number of nitrogens with one attached hydrogen (secondary N) is 1. The number of benzene rings is 4. The molecular weight excluding hydrogens is 510 g/mol. The Morgan fingerprint density at radius 1 is 0.805 bits per heavy atom. The molecule has 6 nitrogen and oxygen atoms in total. The van der Waals surface area contributed by atoms with E-state index < -0.39 is 0 Å². The van der Waals surface area contributed by atoms with E-state index in [2.05, 4.69) is 10.5 Å². The van der Waals surface area contributed by atoms with Crippen molar-refractivity contribution in [2.45, 2.75) is 39.3 Å². The van der Waals surface area contributed by atoms with Gasteiger partial charge in [-0.1, -0.05) is 97.1 Å². The van der Waals surface area contributed by atoms with Crippen LogP contribution >= 0.6 is 0 Å². The normalized spacial score (nSPS) is 13.6. The molecule has 0 aliphatic heterocycles. The molecule has 1 aromatic heterocycles. The van der Waals surface area contributed by atoms with E-state index in [0.717, 1.165) is 57.3 Å². The number of furan rings is 1. The van der Waals surface area contributed by atoms with Crippen LogP contribution in [0.2, 0.25) is 0 Å². The van der Waals surface area contributed by atoms with Crippen LogP contribution in [-0.4, -0.2) is 22.4 Å². The summed E-state index contributed by atoms with van der Waals surface area (Å²) in [7, 11) is 0. The highest BCUT2D eigenvalue weighted by Crippen LogP contribution is 2.31. The van der Waals surface area contributed by atoms with Crippen molar-refractivity contribution in [3.63, 3.8) is 0 Å². The predicted octanol–water partition coefficient (Wildman–Crippen LogP) is 7.05. The van der Waals surface area contributed by atoms with Gasteiger partial charge in [0.25, 0.3) is 11.8 Å². The lowest BCUT2D eigenvalue weighted by atomic mass is 9.93. The van der Waals surface area contributed by atoms with Crippen molar-refractivity contribution in [1.82, 2.24) is 10.3 Å². The summed E-state index contributed by atoms with van der Waals surface area (Å²) in [6.07, 6.45) is 2.24. The van der Waals surface area contributed by atoms with Gasteiger partial charge in [0.2, 0.25) is 0 Å². The standard InChI is InChI=1S/C35H31N3O3/c1-24-32-30(36-37-34(39)29-19-10-17-27-16-8-9-18-28(27)29)20-11-21-31(32)41-33(24)35(40)38(22-25-12-4-2-5-13-25)23-26-14-6-3-7-15-26/h2-10,12-19H,11,20-23H2,1H3,(H,37,39)/b36-30+. The van der Waals surface area contributed by atoms with Gasteiger partial charge >= 0.3 is 0 Å². The van der Waals surface area contributed by atoms with Crippen LogP contribution in [0.25, 0.3) is 10.8 Å². The first kappa shape index (κ1) is 26.3. The van der Waals surface area contributed by atoms with Crippen LogP contribution in [0, 0.1) is 6.92 Å². The van der Waals surface area contributed by atoms with Crippen molar-refractivity contribution < 1.29 is 14.0 Å². The Kier molecular flexibility index (Phi) is 7.46. The second kappa shape index (κ2) is 11.6. The van der Waals surface area contributed by atoms with E-state index in [1.807, 2.05) is 109 Å². The fraction of sp³-hybridized carbons (Fsp3) is 0.171. The molecule has 0 spiro atoms. The molecule has 1 heterocycles. The van der Waals surface area contributed by atoms with Crippen LogP contribution in [0.4, 0.5) is 0 Å². The van der Waals surface area contributed by atoms with Crippen LogP contribution in [0.5, 0.6) is 0 Å². The Bertz CT molecular complexity index is 1690. The van der Waals surface area contributed by atoms with Gasteiger partial charge in [-0.15, -0.1) is 0 Å². The number of nitrogens with zero attached hydrogens (tertiary/aromatic N) is 2.